The summed E-state index contributed by atoms with van der Waals surface area (Å²) in [5, 5.41) is 8.71. The van der Waals surface area contributed by atoms with Gasteiger partial charge in [-0.15, -0.1) is 10.2 Å². The number of benzene rings is 1. The van der Waals surface area contributed by atoms with E-state index in [1.807, 2.05) is 35.9 Å². The second-order valence-electron chi connectivity index (χ2n) is 4.39. The van der Waals surface area contributed by atoms with Crippen LogP contribution in [0.25, 0.3) is 11.5 Å². The van der Waals surface area contributed by atoms with E-state index in [-0.39, 0.29) is 0 Å². The first kappa shape index (κ1) is 13.7. The van der Waals surface area contributed by atoms with Gasteiger partial charge in [0.25, 0.3) is 0 Å². The van der Waals surface area contributed by atoms with Gasteiger partial charge >= 0.3 is 0 Å². The molecule has 0 spiro atoms. The molecule has 2 heterocycles. The molecule has 7 heteroatoms. The van der Waals surface area contributed by atoms with Crippen LogP contribution in [0.3, 0.4) is 0 Å². The molecule has 21 heavy (non-hydrogen) atoms. The molecule has 108 valence electrons. The summed E-state index contributed by atoms with van der Waals surface area (Å²) in [6.45, 7) is 0. The molecular weight excluding hydrogens is 288 g/mol. The number of hydrogen-bond acceptors (Lipinski definition) is 6. The zero-order valence-electron chi connectivity index (χ0n) is 11.7. The fourth-order valence-corrected chi connectivity index (χ4v) is 2.55. The van der Waals surface area contributed by atoms with Crippen LogP contribution < -0.4 is 4.74 Å². The smallest absolute Gasteiger partial charge is 0.226 e. The van der Waals surface area contributed by atoms with Crippen molar-refractivity contribution in [3.63, 3.8) is 0 Å². The Hall–Kier alpha value is -2.28. The van der Waals surface area contributed by atoms with Gasteiger partial charge in [-0.3, -0.25) is 0 Å². The number of ether oxygens (including phenoxy) is 1. The molecule has 0 saturated heterocycles. The Morgan fingerprint density at radius 2 is 2.10 bits per heavy atom. The highest BCUT2D eigenvalue weighted by Crippen LogP contribution is 2.24. The quantitative estimate of drug-likeness (QED) is 0.675. The van der Waals surface area contributed by atoms with Crippen molar-refractivity contribution in [2.24, 2.45) is 7.05 Å². The zero-order chi connectivity index (χ0) is 14.7. The van der Waals surface area contributed by atoms with E-state index in [2.05, 4.69) is 15.2 Å². The van der Waals surface area contributed by atoms with E-state index in [9.17, 15) is 0 Å². The minimum absolute atomic E-state index is 0.603. The molecule has 0 atom stereocenters. The number of thioether (sulfide) groups is 1. The molecule has 0 aliphatic rings. The lowest BCUT2D eigenvalue weighted by Crippen LogP contribution is -1.90. The normalized spacial score (nSPS) is 10.8. The highest BCUT2D eigenvalue weighted by Gasteiger charge is 2.09. The number of nitrogens with zero attached hydrogens (tertiary/aromatic N) is 4. The van der Waals surface area contributed by atoms with E-state index in [0.29, 0.717) is 11.6 Å². The predicted octanol–water partition coefficient (Wildman–Crippen LogP) is 2.77. The Morgan fingerprint density at radius 1 is 1.29 bits per heavy atom. The molecule has 0 amide bonds. The van der Waals surface area contributed by atoms with Crippen molar-refractivity contribution < 1.29 is 9.15 Å². The maximum Gasteiger partial charge on any atom is 0.226 e. The van der Waals surface area contributed by atoms with Gasteiger partial charge in [0.2, 0.25) is 5.89 Å². The molecule has 0 radical (unpaired) electrons. The van der Waals surface area contributed by atoms with Crippen LogP contribution >= 0.6 is 11.8 Å². The summed E-state index contributed by atoms with van der Waals surface area (Å²) in [5.41, 5.74) is 1.79. The van der Waals surface area contributed by atoms with E-state index in [4.69, 9.17) is 9.15 Å². The number of aryl methyl sites for hydroxylation is 1. The summed E-state index contributed by atoms with van der Waals surface area (Å²) in [7, 11) is 3.55. The third-order valence-corrected chi connectivity index (χ3v) is 3.98. The Kier molecular flexibility index (Phi) is 3.92. The summed E-state index contributed by atoms with van der Waals surface area (Å²) >= 11 is 1.57. The van der Waals surface area contributed by atoms with Gasteiger partial charge in [-0.05, 0) is 24.3 Å². The van der Waals surface area contributed by atoms with Crippen molar-refractivity contribution in [2.45, 2.75) is 10.9 Å². The van der Waals surface area contributed by atoms with Gasteiger partial charge < -0.3 is 13.7 Å². The lowest BCUT2D eigenvalue weighted by atomic mass is 10.2. The number of rotatable bonds is 5. The fraction of sp³-hybridized carbons (Fsp3) is 0.214. The van der Waals surface area contributed by atoms with Crippen LogP contribution in [0.2, 0.25) is 0 Å². The molecule has 6 nitrogen and oxygen atoms in total. The van der Waals surface area contributed by atoms with Crippen molar-refractivity contribution in [3.8, 4) is 17.2 Å². The minimum Gasteiger partial charge on any atom is -0.497 e. The van der Waals surface area contributed by atoms with Gasteiger partial charge in [-0.1, -0.05) is 11.8 Å². The zero-order valence-corrected chi connectivity index (χ0v) is 12.5. The van der Waals surface area contributed by atoms with Crippen LogP contribution in [0.15, 0.2) is 46.4 Å². The van der Waals surface area contributed by atoms with Gasteiger partial charge in [-0.25, -0.2) is 4.98 Å². The van der Waals surface area contributed by atoms with Crippen molar-refractivity contribution in [2.75, 3.05) is 7.11 Å². The van der Waals surface area contributed by atoms with E-state index in [0.717, 1.165) is 22.2 Å². The number of hydrogen-bond donors (Lipinski definition) is 0. The third kappa shape index (κ3) is 3.08. The monoisotopic (exact) mass is 302 g/mol. The van der Waals surface area contributed by atoms with Crippen LogP contribution in [-0.4, -0.2) is 26.9 Å². The molecule has 2 aromatic heterocycles. The van der Waals surface area contributed by atoms with Crippen molar-refractivity contribution in [1.29, 1.82) is 0 Å². The first-order chi connectivity index (χ1) is 10.3. The van der Waals surface area contributed by atoms with Crippen LogP contribution in [-0.2, 0) is 12.8 Å². The lowest BCUT2D eigenvalue weighted by Gasteiger charge is -1.99. The van der Waals surface area contributed by atoms with E-state index >= 15 is 0 Å². The molecule has 1 aromatic carbocycles. The molecule has 0 saturated carbocycles. The fourth-order valence-electron chi connectivity index (χ4n) is 1.78. The summed E-state index contributed by atoms with van der Waals surface area (Å²) < 4.78 is 12.5. The average Bonchev–Trinajstić information content (AvgIpc) is 3.14. The van der Waals surface area contributed by atoms with Crippen molar-refractivity contribution >= 4 is 11.8 Å². The molecule has 0 aliphatic carbocycles. The summed E-state index contributed by atoms with van der Waals surface area (Å²) in [6, 6.07) is 7.61. The summed E-state index contributed by atoms with van der Waals surface area (Å²) in [5.74, 6) is 2.10. The first-order valence-electron chi connectivity index (χ1n) is 6.32. The molecule has 3 aromatic rings. The Labute approximate surface area is 126 Å². The second kappa shape index (κ2) is 6.01. The summed E-state index contributed by atoms with van der Waals surface area (Å²) in [4.78, 5) is 4.48. The highest BCUT2D eigenvalue weighted by molar-refractivity contribution is 7.98. The van der Waals surface area contributed by atoms with Gasteiger partial charge in [0, 0.05) is 18.4 Å². The molecule has 3 rings (SSSR count). The molecule has 0 fully saturated rings. The van der Waals surface area contributed by atoms with E-state index in [1.54, 1.807) is 31.5 Å². The topological polar surface area (TPSA) is 66.0 Å². The van der Waals surface area contributed by atoms with Crippen LogP contribution in [0.1, 0.15) is 5.69 Å². The molecule has 0 aliphatic heterocycles. The summed E-state index contributed by atoms with van der Waals surface area (Å²) in [6.07, 6.45) is 3.34. The maximum atomic E-state index is 5.52. The number of aromatic nitrogens is 4. The third-order valence-electron chi connectivity index (χ3n) is 2.91. The van der Waals surface area contributed by atoms with Gasteiger partial charge in [-0.2, -0.15) is 0 Å². The highest BCUT2D eigenvalue weighted by atomic mass is 32.2. The second-order valence-corrected chi connectivity index (χ2v) is 5.33. The Morgan fingerprint density at radius 3 is 2.76 bits per heavy atom. The number of methoxy groups -OCH3 is 1. The SMILES string of the molecule is COc1ccc(-c2nc(CSc3nncn3C)co2)cc1. The van der Waals surface area contributed by atoms with Crippen LogP contribution in [0.5, 0.6) is 5.75 Å². The van der Waals surface area contributed by atoms with Gasteiger partial charge in [0.05, 0.1) is 12.8 Å². The van der Waals surface area contributed by atoms with Crippen LogP contribution in [0, 0.1) is 0 Å². The van der Waals surface area contributed by atoms with E-state index < -0.39 is 0 Å². The van der Waals surface area contributed by atoms with E-state index in [1.165, 1.54) is 0 Å². The number of oxazole rings is 1. The molecular formula is C14H14N4O2S. The Balaban J connectivity index is 1.69. The maximum absolute atomic E-state index is 5.52. The van der Waals surface area contributed by atoms with Crippen molar-refractivity contribution in [1.82, 2.24) is 19.7 Å². The minimum atomic E-state index is 0.603. The Bertz CT molecular complexity index is 721. The predicted molar refractivity (Wildman–Crippen MR) is 79.1 cm³/mol. The average molecular weight is 302 g/mol. The molecule has 0 N–H and O–H groups in total. The van der Waals surface area contributed by atoms with Gasteiger partial charge in [0.15, 0.2) is 5.16 Å². The first-order valence-corrected chi connectivity index (χ1v) is 7.30. The van der Waals surface area contributed by atoms with Gasteiger partial charge in [0.1, 0.15) is 18.3 Å². The van der Waals surface area contributed by atoms with Crippen molar-refractivity contribution in [3.05, 3.63) is 42.5 Å². The molecule has 0 unspecified atom stereocenters. The molecule has 0 bridgehead atoms. The lowest BCUT2D eigenvalue weighted by molar-refractivity contribution is 0.415. The standard InChI is InChI=1S/C14H14N4O2S/c1-18-9-15-17-14(18)21-8-11-7-20-13(16-11)10-3-5-12(19-2)6-4-10/h3-7,9H,8H2,1-2H3. The van der Waals surface area contributed by atoms with Crippen LogP contribution in [0.4, 0.5) is 0 Å². The largest absolute Gasteiger partial charge is 0.497 e.